The van der Waals surface area contributed by atoms with Crippen LogP contribution in [0.5, 0.6) is 0 Å². The number of aliphatic carboxylic acids is 1. The lowest BCUT2D eigenvalue weighted by atomic mass is 10.2. The SMILES string of the molecule is Cc1ccccc1SC1(C(=O)O)CC1CO. The van der Waals surface area contributed by atoms with E-state index in [1.54, 1.807) is 0 Å². The zero-order valence-corrected chi connectivity index (χ0v) is 9.83. The highest BCUT2D eigenvalue weighted by Crippen LogP contribution is 2.57. The van der Waals surface area contributed by atoms with Crippen LogP contribution in [-0.4, -0.2) is 27.5 Å². The minimum absolute atomic E-state index is 0.0504. The number of aliphatic hydroxyl groups excluding tert-OH is 1. The summed E-state index contributed by atoms with van der Waals surface area (Å²) in [6.45, 7) is 1.92. The highest BCUT2D eigenvalue weighted by atomic mass is 32.2. The van der Waals surface area contributed by atoms with Gasteiger partial charge in [0.15, 0.2) is 0 Å². The number of carboxylic acid groups (broad SMARTS) is 1. The fourth-order valence-corrected chi connectivity index (χ4v) is 3.20. The third kappa shape index (κ3) is 1.83. The van der Waals surface area contributed by atoms with Crippen molar-refractivity contribution in [3.63, 3.8) is 0 Å². The maximum Gasteiger partial charge on any atom is 0.320 e. The summed E-state index contributed by atoms with van der Waals surface area (Å²) in [6.07, 6.45) is 0.553. The van der Waals surface area contributed by atoms with Crippen LogP contribution >= 0.6 is 11.8 Å². The van der Waals surface area contributed by atoms with Crippen LogP contribution in [0.3, 0.4) is 0 Å². The molecule has 0 bridgehead atoms. The van der Waals surface area contributed by atoms with Crippen LogP contribution in [0.4, 0.5) is 0 Å². The van der Waals surface area contributed by atoms with E-state index in [1.807, 2.05) is 31.2 Å². The first-order valence-corrected chi connectivity index (χ1v) is 6.00. The quantitative estimate of drug-likeness (QED) is 0.841. The number of rotatable bonds is 4. The number of hydrogen-bond donors (Lipinski definition) is 2. The average molecular weight is 238 g/mol. The highest BCUT2D eigenvalue weighted by Gasteiger charge is 2.61. The van der Waals surface area contributed by atoms with E-state index in [9.17, 15) is 9.90 Å². The highest BCUT2D eigenvalue weighted by molar-refractivity contribution is 8.01. The normalized spacial score (nSPS) is 27.8. The second kappa shape index (κ2) is 4.11. The second-order valence-electron chi connectivity index (χ2n) is 4.15. The number of carbonyl (C=O) groups is 1. The van der Waals surface area contributed by atoms with Gasteiger partial charge in [0.2, 0.25) is 0 Å². The average Bonchev–Trinajstić information content (AvgIpc) is 2.97. The van der Waals surface area contributed by atoms with Gasteiger partial charge in [0.05, 0.1) is 0 Å². The van der Waals surface area contributed by atoms with Crippen LogP contribution < -0.4 is 0 Å². The molecular weight excluding hydrogens is 224 g/mol. The summed E-state index contributed by atoms with van der Waals surface area (Å²) in [6, 6.07) is 7.73. The Kier molecular flexibility index (Phi) is 2.95. The van der Waals surface area contributed by atoms with Gasteiger partial charge >= 0.3 is 5.97 Å². The fourth-order valence-electron chi connectivity index (χ4n) is 1.82. The van der Waals surface area contributed by atoms with Gasteiger partial charge in [-0.2, -0.15) is 0 Å². The molecule has 86 valence electrons. The van der Waals surface area contributed by atoms with Gasteiger partial charge in [0.25, 0.3) is 0 Å². The zero-order valence-electron chi connectivity index (χ0n) is 9.01. The molecule has 0 amide bonds. The van der Waals surface area contributed by atoms with Crippen molar-refractivity contribution in [1.29, 1.82) is 0 Å². The molecule has 1 aliphatic rings. The van der Waals surface area contributed by atoms with Crippen molar-refractivity contribution in [2.75, 3.05) is 6.61 Å². The van der Waals surface area contributed by atoms with E-state index >= 15 is 0 Å². The molecule has 2 atom stereocenters. The molecule has 3 nitrogen and oxygen atoms in total. The molecule has 0 aromatic heterocycles. The van der Waals surface area contributed by atoms with Gasteiger partial charge in [0.1, 0.15) is 4.75 Å². The smallest absolute Gasteiger partial charge is 0.320 e. The van der Waals surface area contributed by atoms with E-state index in [2.05, 4.69) is 0 Å². The summed E-state index contributed by atoms with van der Waals surface area (Å²) in [7, 11) is 0. The van der Waals surface area contributed by atoms with Gasteiger partial charge in [-0.3, -0.25) is 4.79 Å². The summed E-state index contributed by atoms with van der Waals surface area (Å²) in [5.74, 6) is -0.936. The number of thioether (sulfide) groups is 1. The van der Waals surface area contributed by atoms with Gasteiger partial charge in [-0.05, 0) is 25.0 Å². The van der Waals surface area contributed by atoms with E-state index in [0.717, 1.165) is 10.5 Å². The van der Waals surface area contributed by atoms with Crippen LogP contribution in [-0.2, 0) is 4.79 Å². The molecule has 0 radical (unpaired) electrons. The number of carboxylic acids is 1. The molecule has 2 N–H and O–H groups in total. The molecule has 2 unspecified atom stereocenters. The molecule has 1 aromatic carbocycles. The molecule has 0 saturated heterocycles. The maximum atomic E-state index is 11.2. The molecule has 0 heterocycles. The van der Waals surface area contributed by atoms with Crippen molar-refractivity contribution >= 4 is 17.7 Å². The summed E-state index contributed by atoms with van der Waals surface area (Å²) in [4.78, 5) is 12.2. The molecule has 16 heavy (non-hydrogen) atoms. The van der Waals surface area contributed by atoms with Crippen molar-refractivity contribution in [2.24, 2.45) is 5.92 Å². The minimum atomic E-state index is -0.820. The van der Waals surface area contributed by atoms with Gasteiger partial charge < -0.3 is 10.2 Å². The van der Waals surface area contributed by atoms with E-state index < -0.39 is 10.7 Å². The Morgan fingerprint density at radius 2 is 2.25 bits per heavy atom. The van der Waals surface area contributed by atoms with Crippen LogP contribution in [0.2, 0.25) is 0 Å². The van der Waals surface area contributed by atoms with Gasteiger partial charge in [-0.15, -0.1) is 11.8 Å². The number of aliphatic hydroxyl groups is 1. The van der Waals surface area contributed by atoms with Crippen LogP contribution in [0, 0.1) is 12.8 Å². The molecule has 0 spiro atoms. The first-order chi connectivity index (χ1) is 7.60. The Morgan fingerprint density at radius 3 is 2.75 bits per heavy atom. The Labute approximate surface area is 98.5 Å². The third-order valence-corrected chi connectivity index (χ3v) is 4.73. The summed E-state index contributed by atoms with van der Waals surface area (Å²) < 4.78 is -0.805. The lowest BCUT2D eigenvalue weighted by Crippen LogP contribution is -2.22. The topological polar surface area (TPSA) is 57.5 Å². The van der Waals surface area contributed by atoms with Crippen molar-refractivity contribution < 1.29 is 15.0 Å². The largest absolute Gasteiger partial charge is 0.480 e. The molecule has 4 heteroatoms. The number of aryl methyl sites for hydroxylation is 1. The summed E-state index contributed by atoms with van der Waals surface area (Å²) in [5, 5.41) is 18.3. The van der Waals surface area contributed by atoms with Crippen molar-refractivity contribution in [3.8, 4) is 0 Å². The lowest BCUT2D eigenvalue weighted by Gasteiger charge is -2.13. The van der Waals surface area contributed by atoms with Gasteiger partial charge in [-0.25, -0.2) is 0 Å². The molecule has 2 rings (SSSR count). The van der Waals surface area contributed by atoms with E-state index in [1.165, 1.54) is 11.8 Å². The van der Waals surface area contributed by atoms with Gasteiger partial charge in [0, 0.05) is 17.4 Å². The first kappa shape index (κ1) is 11.5. The molecule has 1 saturated carbocycles. The number of benzene rings is 1. The lowest BCUT2D eigenvalue weighted by molar-refractivity contribution is -0.137. The molecular formula is C12H14O3S. The second-order valence-corrected chi connectivity index (χ2v) is 5.52. The predicted octanol–water partition coefficient (Wildman–Crippen LogP) is 1.92. The first-order valence-electron chi connectivity index (χ1n) is 5.19. The van der Waals surface area contributed by atoms with Crippen LogP contribution in [0.25, 0.3) is 0 Å². The van der Waals surface area contributed by atoms with Crippen molar-refractivity contribution in [1.82, 2.24) is 0 Å². The molecule has 1 aromatic rings. The van der Waals surface area contributed by atoms with Crippen molar-refractivity contribution in [2.45, 2.75) is 23.0 Å². The Hall–Kier alpha value is -1.00. The third-order valence-electron chi connectivity index (χ3n) is 3.02. The zero-order chi connectivity index (χ0) is 11.8. The summed E-state index contributed by atoms with van der Waals surface area (Å²) in [5.41, 5.74) is 1.08. The Morgan fingerprint density at radius 1 is 1.56 bits per heavy atom. The van der Waals surface area contributed by atoms with Crippen LogP contribution in [0.1, 0.15) is 12.0 Å². The van der Waals surface area contributed by atoms with E-state index in [4.69, 9.17) is 5.11 Å². The Bertz CT molecular complexity index is 418. The summed E-state index contributed by atoms with van der Waals surface area (Å²) >= 11 is 1.36. The standard InChI is InChI=1S/C12H14O3S/c1-8-4-2-3-5-10(8)16-12(11(14)15)6-9(12)7-13/h2-5,9,13H,6-7H2,1H3,(H,14,15). The monoisotopic (exact) mass is 238 g/mol. The van der Waals surface area contributed by atoms with Gasteiger partial charge in [-0.1, -0.05) is 18.2 Å². The van der Waals surface area contributed by atoms with Crippen LogP contribution in [0.15, 0.2) is 29.2 Å². The van der Waals surface area contributed by atoms with E-state index in [-0.39, 0.29) is 12.5 Å². The fraction of sp³-hybridized carbons (Fsp3) is 0.417. The molecule has 1 aliphatic carbocycles. The number of hydrogen-bond acceptors (Lipinski definition) is 3. The Balaban J connectivity index is 2.21. The van der Waals surface area contributed by atoms with Crippen molar-refractivity contribution in [3.05, 3.63) is 29.8 Å². The predicted molar refractivity (Wildman–Crippen MR) is 62.6 cm³/mol. The minimum Gasteiger partial charge on any atom is -0.480 e. The van der Waals surface area contributed by atoms with E-state index in [0.29, 0.717) is 6.42 Å². The molecule has 0 aliphatic heterocycles. The molecule has 1 fully saturated rings. The maximum absolute atomic E-state index is 11.2.